The molecule has 4 rings (SSSR count). The summed E-state index contributed by atoms with van der Waals surface area (Å²) in [5, 5.41) is 20.5. The van der Waals surface area contributed by atoms with Crippen molar-refractivity contribution < 1.29 is 9.90 Å². The van der Waals surface area contributed by atoms with Gasteiger partial charge in [-0.1, -0.05) is 78.9 Å². The van der Waals surface area contributed by atoms with Crippen LogP contribution in [0.15, 0.2) is 91.0 Å². The number of carbonyl (C=O) groups excluding carboxylic acids is 1. The van der Waals surface area contributed by atoms with Crippen LogP contribution >= 0.6 is 0 Å². The van der Waals surface area contributed by atoms with E-state index in [2.05, 4.69) is 15.5 Å². The minimum Gasteiger partial charge on any atom is -0.394 e. The van der Waals surface area contributed by atoms with Crippen LogP contribution in [0, 0.1) is 0 Å². The summed E-state index contributed by atoms with van der Waals surface area (Å²) in [6.07, 6.45) is 0.528. The van der Waals surface area contributed by atoms with Gasteiger partial charge in [0.25, 0.3) is 5.91 Å². The van der Waals surface area contributed by atoms with Crippen LogP contribution in [0.4, 0.5) is 0 Å². The van der Waals surface area contributed by atoms with Crippen molar-refractivity contribution in [1.29, 1.82) is 0 Å². The fourth-order valence-corrected chi connectivity index (χ4v) is 3.66. The molecule has 1 heterocycles. The van der Waals surface area contributed by atoms with Gasteiger partial charge in [-0.3, -0.25) is 9.89 Å². The number of hydrogen-bond donors (Lipinski definition) is 3. The zero-order valence-corrected chi connectivity index (χ0v) is 17.4. The predicted octanol–water partition coefficient (Wildman–Crippen LogP) is 4.47. The molecule has 156 valence electrons. The third-order valence-corrected chi connectivity index (χ3v) is 5.31. The summed E-state index contributed by atoms with van der Waals surface area (Å²) in [6.45, 7) is 1.68. The quantitative estimate of drug-likeness (QED) is 0.420. The molecule has 0 aliphatic heterocycles. The number of rotatable bonds is 7. The van der Waals surface area contributed by atoms with Crippen LogP contribution in [0.5, 0.6) is 0 Å². The van der Waals surface area contributed by atoms with Crippen LogP contribution in [0.3, 0.4) is 0 Å². The zero-order valence-electron chi connectivity index (χ0n) is 17.4. The molecule has 1 aromatic heterocycles. The van der Waals surface area contributed by atoms with E-state index in [1.807, 2.05) is 91.9 Å². The van der Waals surface area contributed by atoms with Gasteiger partial charge in [-0.15, -0.1) is 0 Å². The van der Waals surface area contributed by atoms with Gasteiger partial charge in [-0.2, -0.15) is 5.10 Å². The van der Waals surface area contributed by atoms with E-state index in [0.29, 0.717) is 12.0 Å². The van der Waals surface area contributed by atoms with E-state index in [9.17, 15) is 9.90 Å². The number of aromatic amines is 1. The summed E-state index contributed by atoms with van der Waals surface area (Å²) in [5.41, 5.74) is 4.13. The van der Waals surface area contributed by atoms with Gasteiger partial charge >= 0.3 is 0 Å². The largest absolute Gasteiger partial charge is 0.394 e. The lowest BCUT2D eigenvalue weighted by atomic mass is 9.92. The molecule has 0 aliphatic rings. The first-order chi connectivity index (χ1) is 15.1. The summed E-state index contributed by atoms with van der Waals surface area (Å²) in [4.78, 5) is 13.2. The van der Waals surface area contributed by atoms with Crippen molar-refractivity contribution in [1.82, 2.24) is 15.5 Å². The van der Waals surface area contributed by atoms with Gasteiger partial charge in [0.2, 0.25) is 0 Å². The third-order valence-electron chi connectivity index (χ3n) is 5.31. The normalized spacial score (nSPS) is 12.8. The minimum absolute atomic E-state index is 0.169. The molecule has 5 heteroatoms. The second-order valence-corrected chi connectivity index (χ2v) is 7.91. The van der Waals surface area contributed by atoms with Gasteiger partial charge in [0.1, 0.15) is 0 Å². The molecule has 3 N–H and O–H groups in total. The molecule has 1 atom stereocenters. The highest BCUT2D eigenvalue weighted by Gasteiger charge is 2.27. The maximum absolute atomic E-state index is 13.2. The van der Waals surface area contributed by atoms with E-state index < -0.39 is 5.54 Å². The van der Waals surface area contributed by atoms with Crippen LogP contribution < -0.4 is 5.32 Å². The lowest BCUT2D eigenvalue weighted by Gasteiger charge is -2.29. The highest BCUT2D eigenvalue weighted by atomic mass is 16.3. The molecule has 4 aromatic rings. The molecule has 1 amide bonds. The van der Waals surface area contributed by atoms with Crippen LogP contribution in [0.25, 0.3) is 22.5 Å². The fraction of sp³-hybridized carbons (Fsp3) is 0.154. The van der Waals surface area contributed by atoms with Gasteiger partial charge < -0.3 is 10.4 Å². The molecule has 5 nitrogen and oxygen atoms in total. The summed E-state index contributed by atoms with van der Waals surface area (Å²) < 4.78 is 0. The molecular formula is C26H25N3O2. The Morgan fingerprint density at radius 1 is 0.968 bits per heavy atom. The van der Waals surface area contributed by atoms with Gasteiger partial charge in [-0.05, 0) is 31.0 Å². The van der Waals surface area contributed by atoms with Crippen molar-refractivity contribution in [2.24, 2.45) is 0 Å². The molecule has 0 saturated carbocycles. The maximum atomic E-state index is 13.2. The SMILES string of the molecule is CC(CO)(Cc1ccccc1)NC(=O)c1ccccc1-c1cc(-c2ccccc2)n[nH]1. The monoisotopic (exact) mass is 411 g/mol. The van der Waals surface area contributed by atoms with Crippen LogP contribution in [0.2, 0.25) is 0 Å². The number of amides is 1. The summed E-state index contributed by atoms with van der Waals surface area (Å²) in [7, 11) is 0. The minimum atomic E-state index is -0.783. The fourth-order valence-electron chi connectivity index (χ4n) is 3.66. The van der Waals surface area contributed by atoms with Gasteiger partial charge in [0.05, 0.1) is 23.5 Å². The molecule has 0 spiro atoms. The molecule has 0 bridgehead atoms. The Hall–Kier alpha value is -3.70. The summed E-state index contributed by atoms with van der Waals surface area (Å²) in [6, 6.07) is 29.1. The Morgan fingerprint density at radius 2 is 1.61 bits per heavy atom. The average Bonchev–Trinajstić information content (AvgIpc) is 3.30. The molecule has 0 saturated heterocycles. The Morgan fingerprint density at radius 3 is 2.32 bits per heavy atom. The van der Waals surface area contributed by atoms with E-state index in [4.69, 9.17) is 0 Å². The molecule has 31 heavy (non-hydrogen) atoms. The number of aliphatic hydroxyl groups excluding tert-OH is 1. The van der Waals surface area contributed by atoms with Crippen molar-refractivity contribution in [2.45, 2.75) is 18.9 Å². The number of H-pyrrole nitrogens is 1. The molecule has 0 radical (unpaired) electrons. The number of aromatic nitrogens is 2. The second-order valence-electron chi connectivity index (χ2n) is 7.91. The van der Waals surface area contributed by atoms with Crippen molar-refractivity contribution >= 4 is 5.91 Å². The first-order valence-corrected chi connectivity index (χ1v) is 10.3. The lowest BCUT2D eigenvalue weighted by molar-refractivity contribution is 0.0852. The van der Waals surface area contributed by atoms with E-state index in [0.717, 1.165) is 28.1 Å². The third kappa shape index (κ3) is 4.73. The number of benzene rings is 3. The molecule has 0 aliphatic carbocycles. The lowest BCUT2D eigenvalue weighted by Crippen LogP contribution is -2.50. The van der Waals surface area contributed by atoms with Crippen LogP contribution in [-0.4, -0.2) is 33.4 Å². The molecule has 1 unspecified atom stereocenters. The second kappa shape index (κ2) is 8.98. The molecule has 3 aromatic carbocycles. The Labute approximate surface area is 181 Å². The van der Waals surface area contributed by atoms with E-state index in [-0.39, 0.29) is 12.5 Å². The zero-order chi connectivity index (χ0) is 21.7. The van der Waals surface area contributed by atoms with E-state index >= 15 is 0 Å². The van der Waals surface area contributed by atoms with Crippen molar-refractivity contribution in [3.63, 3.8) is 0 Å². The van der Waals surface area contributed by atoms with Gasteiger partial charge in [-0.25, -0.2) is 0 Å². The van der Waals surface area contributed by atoms with Gasteiger partial charge in [0, 0.05) is 16.7 Å². The summed E-state index contributed by atoms with van der Waals surface area (Å²) >= 11 is 0. The first kappa shape index (κ1) is 20.6. The number of aliphatic hydroxyl groups is 1. The van der Waals surface area contributed by atoms with Crippen molar-refractivity contribution in [3.8, 4) is 22.5 Å². The van der Waals surface area contributed by atoms with Crippen LogP contribution in [0.1, 0.15) is 22.8 Å². The number of nitrogens with zero attached hydrogens (tertiary/aromatic N) is 1. The summed E-state index contributed by atoms with van der Waals surface area (Å²) in [5.74, 6) is -0.237. The van der Waals surface area contributed by atoms with E-state index in [1.54, 1.807) is 6.07 Å². The Balaban J connectivity index is 1.59. The highest BCUT2D eigenvalue weighted by molar-refractivity contribution is 6.01. The number of nitrogens with one attached hydrogen (secondary N) is 2. The highest BCUT2D eigenvalue weighted by Crippen LogP contribution is 2.27. The van der Waals surface area contributed by atoms with Crippen molar-refractivity contribution in [3.05, 3.63) is 102 Å². The van der Waals surface area contributed by atoms with Crippen molar-refractivity contribution in [2.75, 3.05) is 6.61 Å². The molecular weight excluding hydrogens is 386 g/mol. The first-order valence-electron chi connectivity index (χ1n) is 10.3. The van der Waals surface area contributed by atoms with E-state index in [1.165, 1.54) is 0 Å². The van der Waals surface area contributed by atoms with Gasteiger partial charge in [0.15, 0.2) is 0 Å². The maximum Gasteiger partial charge on any atom is 0.252 e. The average molecular weight is 412 g/mol. The number of carbonyl (C=O) groups is 1. The topological polar surface area (TPSA) is 78.0 Å². The predicted molar refractivity (Wildman–Crippen MR) is 123 cm³/mol. The standard InChI is InChI=1S/C26H25N3O2/c1-26(18-30,17-19-10-4-2-5-11-19)27-25(31)22-15-9-8-14-21(22)24-16-23(28-29-24)20-12-6-3-7-13-20/h2-16,30H,17-18H2,1H3,(H,27,31)(H,28,29). The smallest absolute Gasteiger partial charge is 0.252 e. The Kier molecular flexibility index (Phi) is 5.96. The van der Waals surface area contributed by atoms with Crippen LogP contribution in [-0.2, 0) is 6.42 Å². The number of hydrogen-bond acceptors (Lipinski definition) is 3. The Bertz CT molecular complexity index is 1160. The molecule has 0 fully saturated rings.